The second kappa shape index (κ2) is 5.45. The topological polar surface area (TPSA) is 20.3 Å². The highest BCUT2D eigenvalue weighted by atomic mass is 19.1. The Bertz CT molecular complexity index is 388. The number of hydrogen-bond acceptors (Lipinski definition) is 2. The first kappa shape index (κ1) is 12.4. The van der Waals surface area contributed by atoms with Crippen molar-refractivity contribution in [3.63, 3.8) is 0 Å². The molecule has 0 saturated carbocycles. The molecule has 0 aliphatic carbocycles. The molecule has 0 bridgehead atoms. The summed E-state index contributed by atoms with van der Waals surface area (Å²) >= 11 is 0. The second-order valence-electron chi connectivity index (χ2n) is 3.83. The molecule has 3 heteroatoms. The van der Waals surface area contributed by atoms with E-state index in [4.69, 9.17) is 0 Å². The molecule has 86 valence electrons. The van der Waals surface area contributed by atoms with Gasteiger partial charge in [-0.1, -0.05) is 12.1 Å². The van der Waals surface area contributed by atoms with Gasteiger partial charge in [-0.3, -0.25) is 4.79 Å². The molecular formula is C13H16FNO. The molecule has 0 fully saturated rings. The lowest BCUT2D eigenvalue weighted by Crippen LogP contribution is -2.31. The molecule has 0 N–H and O–H groups in total. The van der Waals surface area contributed by atoms with Gasteiger partial charge in [-0.05, 0) is 26.0 Å². The molecule has 0 aromatic heterocycles. The van der Waals surface area contributed by atoms with Gasteiger partial charge >= 0.3 is 0 Å². The number of nitrogens with zero attached hydrogens (tertiary/aromatic N) is 1. The highest BCUT2D eigenvalue weighted by Crippen LogP contribution is 2.23. The number of benzene rings is 1. The Morgan fingerprint density at radius 3 is 2.69 bits per heavy atom. The molecule has 1 aromatic carbocycles. The van der Waals surface area contributed by atoms with Crippen LogP contribution in [0.15, 0.2) is 30.9 Å². The summed E-state index contributed by atoms with van der Waals surface area (Å²) in [7, 11) is 0. The predicted molar refractivity (Wildman–Crippen MR) is 64.5 cm³/mol. The zero-order valence-corrected chi connectivity index (χ0v) is 9.61. The van der Waals surface area contributed by atoms with Crippen LogP contribution in [0.5, 0.6) is 0 Å². The van der Waals surface area contributed by atoms with E-state index in [-0.39, 0.29) is 11.6 Å². The van der Waals surface area contributed by atoms with Gasteiger partial charge in [0, 0.05) is 12.6 Å². The Morgan fingerprint density at radius 1 is 1.50 bits per heavy atom. The molecule has 1 rings (SSSR count). The minimum atomic E-state index is -0.484. The summed E-state index contributed by atoms with van der Waals surface area (Å²) in [6, 6.07) is 4.82. The summed E-state index contributed by atoms with van der Waals surface area (Å²) in [5.41, 5.74) is 0.725. The SMILES string of the molecule is C=CCN(c1cccc(F)c1C=O)C(C)C. The summed E-state index contributed by atoms with van der Waals surface area (Å²) in [5, 5.41) is 0. The predicted octanol–water partition coefficient (Wildman–Crippen LogP) is 3.04. The van der Waals surface area contributed by atoms with Crippen molar-refractivity contribution in [2.24, 2.45) is 0 Å². The molecule has 1 aromatic rings. The van der Waals surface area contributed by atoms with Gasteiger partial charge < -0.3 is 4.90 Å². The molecular weight excluding hydrogens is 205 g/mol. The highest BCUT2D eigenvalue weighted by Gasteiger charge is 2.15. The molecule has 0 spiro atoms. The minimum Gasteiger partial charge on any atom is -0.365 e. The van der Waals surface area contributed by atoms with E-state index in [1.54, 1.807) is 18.2 Å². The fourth-order valence-electron chi connectivity index (χ4n) is 1.62. The Balaban J connectivity index is 3.22. The quantitative estimate of drug-likeness (QED) is 0.562. The number of hydrogen-bond donors (Lipinski definition) is 0. The zero-order chi connectivity index (χ0) is 12.1. The number of carbonyl (C=O) groups is 1. The second-order valence-corrected chi connectivity index (χ2v) is 3.83. The number of anilines is 1. The van der Waals surface area contributed by atoms with Crippen LogP contribution in [0.3, 0.4) is 0 Å². The smallest absolute Gasteiger partial charge is 0.155 e. The van der Waals surface area contributed by atoms with Crippen LogP contribution >= 0.6 is 0 Å². The largest absolute Gasteiger partial charge is 0.365 e. The van der Waals surface area contributed by atoms with Gasteiger partial charge in [-0.25, -0.2) is 4.39 Å². The molecule has 0 heterocycles. The van der Waals surface area contributed by atoms with Crippen LogP contribution in [0.1, 0.15) is 24.2 Å². The van der Waals surface area contributed by atoms with Crippen LogP contribution in [0.25, 0.3) is 0 Å². The van der Waals surface area contributed by atoms with Crippen LogP contribution in [0.2, 0.25) is 0 Å². The zero-order valence-electron chi connectivity index (χ0n) is 9.61. The number of carbonyl (C=O) groups excluding carboxylic acids is 1. The lowest BCUT2D eigenvalue weighted by atomic mass is 10.1. The highest BCUT2D eigenvalue weighted by molar-refractivity contribution is 5.85. The van der Waals surface area contributed by atoms with Crippen LogP contribution in [0, 0.1) is 5.82 Å². The Labute approximate surface area is 95.4 Å². The number of aldehydes is 1. The average molecular weight is 221 g/mol. The van der Waals surface area contributed by atoms with E-state index < -0.39 is 5.82 Å². The first-order valence-corrected chi connectivity index (χ1v) is 5.23. The van der Waals surface area contributed by atoms with Crippen molar-refractivity contribution in [3.8, 4) is 0 Å². The molecule has 0 unspecified atom stereocenters. The molecule has 0 amide bonds. The molecule has 0 aliphatic rings. The van der Waals surface area contributed by atoms with Crippen molar-refractivity contribution in [2.75, 3.05) is 11.4 Å². The van der Waals surface area contributed by atoms with Gasteiger partial charge in [-0.15, -0.1) is 6.58 Å². The maximum Gasteiger partial charge on any atom is 0.155 e. The minimum absolute atomic E-state index is 0.109. The maximum atomic E-state index is 13.4. The van der Waals surface area contributed by atoms with Gasteiger partial charge in [-0.2, -0.15) is 0 Å². The van der Waals surface area contributed by atoms with Crippen LogP contribution in [-0.2, 0) is 0 Å². The number of rotatable bonds is 5. The van der Waals surface area contributed by atoms with Gasteiger partial charge in [0.25, 0.3) is 0 Å². The Hall–Kier alpha value is -1.64. The lowest BCUT2D eigenvalue weighted by Gasteiger charge is -2.28. The van der Waals surface area contributed by atoms with E-state index in [0.29, 0.717) is 18.5 Å². The fourth-order valence-corrected chi connectivity index (χ4v) is 1.62. The van der Waals surface area contributed by atoms with E-state index in [2.05, 4.69) is 6.58 Å². The van der Waals surface area contributed by atoms with E-state index in [9.17, 15) is 9.18 Å². The Morgan fingerprint density at radius 2 is 2.19 bits per heavy atom. The van der Waals surface area contributed by atoms with Crippen molar-refractivity contribution in [1.82, 2.24) is 0 Å². The molecule has 16 heavy (non-hydrogen) atoms. The van der Waals surface area contributed by atoms with Crippen molar-refractivity contribution < 1.29 is 9.18 Å². The average Bonchev–Trinajstić information content (AvgIpc) is 2.25. The molecule has 0 saturated heterocycles. The van der Waals surface area contributed by atoms with E-state index in [1.165, 1.54) is 6.07 Å². The molecule has 0 radical (unpaired) electrons. The summed E-state index contributed by atoms with van der Waals surface area (Å²) in [5.74, 6) is -0.484. The van der Waals surface area contributed by atoms with Gasteiger partial charge in [0.05, 0.1) is 11.3 Å². The first-order valence-electron chi connectivity index (χ1n) is 5.23. The van der Waals surface area contributed by atoms with Crippen LogP contribution < -0.4 is 4.90 Å². The van der Waals surface area contributed by atoms with E-state index in [1.807, 2.05) is 18.7 Å². The van der Waals surface area contributed by atoms with Crippen molar-refractivity contribution in [2.45, 2.75) is 19.9 Å². The van der Waals surface area contributed by atoms with Crippen molar-refractivity contribution in [3.05, 3.63) is 42.2 Å². The summed E-state index contributed by atoms with van der Waals surface area (Å²) in [6.45, 7) is 8.23. The summed E-state index contributed by atoms with van der Waals surface area (Å²) in [4.78, 5) is 12.8. The standard InChI is InChI=1S/C13H16FNO/c1-4-8-15(10(2)3)13-7-5-6-12(14)11(13)9-16/h4-7,9-10H,1,8H2,2-3H3. The van der Waals surface area contributed by atoms with E-state index >= 15 is 0 Å². The third kappa shape index (κ3) is 2.48. The van der Waals surface area contributed by atoms with Gasteiger partial charge in [0.15, 0.2) is 6.29 Å². The molecule has 2 nitrogen and oxygen atoms in total. The van der Waals surface area contributed by atoms with Crippen LogP contribution in [0.4, 0.5) is 10.1 Å². The third-order valence-corrected chi connectivity index (χ3v) is 2.41. The normalized spacial score (nSPS) is 10.2. The van der Waals surface area contributed by atoms with Crippen LogP contribution in [-0.4, -0.2) is 18.9 Å². The molecule has 0 atom stereocenters. The summed E-state index contributed by atoms with van der Waals surface area (Å²) in [6.07, 6.45) is 2.29. The maximum absolute atomic E-state index is 13.4. The Kier molecular flexibility index (Phi) is 4.23. The van der Waals surface area contributed by atoms with E-state index in [0.717, 1.165) is 0 Å². The van der Waals surface area contributed by atoms with Gasteiger partial charge in [0.1, 0.15) is 5.82 Å². The molecule has 0 aliphatic heterocycles. The third-order valence-electron chi connectivity index (χ3n) is 2.41. The summed E-state index contributed by atoms with van der Waals surface area (Å²) < 4.78 is 13.4. The first-order chi connectivity index (χ1) is 7.61. The fraction of sp³-hybridized carbons (Fsp3) is 0.308. The number of halogens is 1. The van der Waals surface area contributed by atoms with Gasteiger partial charge in [0.2, 0.25) is 0 Å². The monoisotopic (exact) mass is 221 g/mol. The van der Waals surface area contributed by atoms with Crippen molar-refractivity contribution >= 4 is 12.0 Å². The lowest BCUT2D eigenvalue weighted by molar-refractivity contribution is 0.112. The van der Waals surface area contributed by atoms with Crippen molar-refractivity contribution in [1.29, 1.82) is 0 Å².